The van der Waals surface area contributed by atoms with Crippen molar-refractivity contribution in [3.8, 4) is 0 Å². The Hall–Kier alpha value is -1.79. The number of hydrogen-bond acceptors (Lipinski definition) is 5. The summed E-state index contributed by atoms with van der Waals surface area (Å²) in [5.74, 6) is 0. The molecule has 1 atom stereocenters. The fourth-order valence-electron chi connectivity index (χ4n) is 2.84. The molecule has 0 aromatic carbocycles. The smallest absolute Gasteiger partial charge is 0.113 e. The van der Waals surface area contributed by atoms with Crippen molar-refractivity contribution in [3.63, 3.8) is 0 Å². The van der Waals surface area contributed by atoms with E-state index in [4.69, 9.17) is 0 Å². The highest BCUT2D eigenvalue weighted by Crippen LogP contribution is 2.35. The molecule has 3 aliphatic rings. The number of hydrogen-bond donors (Lipinski definition) is 0. The van der Waals surface area contributed by atoms with Crippen LogP contribution in [0.4, 0.5) is 4.48 Å². The van der Waals surface area contributed by atoms with Crippen LogP contribution in [0.1, 0.15) is 29.6 Å². The van der Waals surface area contributed by atoms with Gasteiger partial charge in [0.05, 0.1) is 24.5 Å². The fraction of sp³-hybridized carbons (Fsp3) is 0.333. The van der Waals surface area contributed by atoms with Crippen molar-refractivity contribution in [2.75, 3.05) is 13.1 Å². The summed E-state index contributed by atoms with van der Waals surface area (Å²) >= 11 is 1.54. The van der Waals surface area contributed by atoms with Crippen molar-refractivity contribution in [2.24, 2.45) is 5.10 Å². The number of hydrazone groups is 1. The summed E-state index contributed by atoms with van der Waals surface area (Å²) in [5.41, 5.74) is 3.13. The highest BCUT2D eigenvalue weighted by molar-refractivity contribution is 7.09. The summed E-state index contributed by atoms with van der Waals surface area (Å²) in [6.07, 6.45) is 11.6. The van der Waals surface area contributed by atoms with Crippen molar-refractivity contribution in [2.45, 2.75) is 18.9 Å². The Morgan fingerprint density at radius 1 is 1.33 bits per heavy atom. The summed E-state index contributed by atoms with van der Waals surface area (Å²) < 4.78 is 13.7. The van der Waals surface area contributed by atoms with Gasteiger partial charge in [0.15, 0.2) is 0 Å². The zero-order valence-corrected chi connectivity index (χ0v) is 12.3. The summed E-state index contributed by atoms with van der Waals surface area (Å²) in [7, 11) is 0. The zero-order valence-electron chi connectivity index (χ0n) is 11.4. The average molecular weight is 302 g/mol. The third kappa shape index (κ3) is 2.34. The van der Waals surface area contributed by atoms with E-state index in [-0.39, 0.29) is 6.04 Å². The second-order valence-corrected chi connectivity index (χ2v) is 6.22. The Morgan fingerprint density at radius 3 is 3.14 bits per heavy atom. The number of thiazole rings is 1. The van der Waals surface area contributed by atoms with Gasteiger partial charge in [-0.25, -0.2) is 4.98 Å². The predicted octanol–water partition coefficient (Wildman–Crippen LogP) is 3.30. The van der Waals surface area contributed by atoms with Crippen LogP contribution in [0, 0.1) is 0 Å². The van der Waals surface area contributed by atoms with Crippen LogP contribution < -0.4 is 0 Å². The Balaban J connectivity index is 1.67. The van der Waals surface area contributed by atoms with Gasteiger partial charge in [0.2, 0.25) is 0 Å². The van der Waals surface area contributed by atoms with E-state index in [0.717, 1.165) is 40.8 Å². The van der Waals surface area contributed by atoms with Crippen LogP contribution in [-0.2, 0) is 0 Å². The van der Waals surface area contributed by atoms with Crippen molar-refractivity contribution in [1.82, 2.24) is 15.1 Å². The molecule has 4 nitrogen and oxygen atoms in total. The van der Waals surface area contributed by atoms with E-state index < -0.39 is 0 Å². The minimum atomic E-state index is -0.169. The molecule has 1 aromatic heterocycles. The van der Waals surface area contributed by atoms with Crippen molar-refractivity contribution < 1.29 is 4.48 Å². The van der Waals surface area contributed by atoms with E-state index in [0.29, 0.717) is 6.54 Å². The summed E-state index contributed by atoms with van der Waals surface area (Å²) in [4.78, 5) is 4.66. The number of allylic oxidation sites excluding steroid dienone is 3. The van der Waals surface area contributed by atoms with E-state index in [9.17, 15) is 4.48 Å². The van der Waals surface area contributed by atoms with E-state index in [1.54, 1.807) is 0 Å². The SMILES string of the molecule is FN1CCCC1c1nc(C2=C3C=CC=CN(C3)N=C2)cs1. The van der Waals surface area contributed by atoms with E-state index in [2.05, 4.69) is 16.2 Å². The molecule has 0 aliphatic carbocycles. The normalized spacial score (nSPS) is 25.0. The third-order valence-corrected chi connectivity index (χ3v) is 4.90. The van der Waals surface area contributed by atoms with Gasteiger partial charge in [-0.05, 0) is 24.5 Å². The molecular formula is C15H15FN4S. The zero-order chi connectivity index (χ0) is 14.2. The first kappa shape index (κ1) is 12.9. The third-order valence-electron chi connectivity index (χ3n) is 3.95. The maximum absolute atomic E-state index is 13.7. The second kappa shape index (κ2) is 5.20. The van der Waals surface area contributed by atoms with Gasteiger partial charge in [-0.3, -0.25) is 5.01 Å². The lowest BCUT2D eigenvalue weighted by Gasteiger charge is -2.19. The topological polar surface area (TPSA) is 31.7 Å². The monoisotopic (exact) mass is 302 g/mol. The maximum atomic E-state index is 13.7. The molecule has 0 saturated carbocycles. The van der Waals surface area contributed by atoms with E-state index >= 15 is 0 Å². The molecule has 0 N–H and O–H groups in total. The average Bonchev–Trinajstić information content (AvgIpc) is 3.08. The molecule has 1 saturated heterocycles. The lowest BCUT2D eigenvalue weighted by Crippen LogP contribution is -2.18. The molecule has 1 fully saturated rings. The van der Waals surface area contributed by atoms with Gasteiger partial charge in [-0.1, -0.05) is 12.2 Å². The number of rotatable bonds is 2. The predicted molar refractivity (Wildman–Crippen MR) is 82.3 cm³/mol. The minimum absolute atomic E-state index is 0.169. The highest BCUT2D eigenvalue weighted by atomic mass is 32.1. The Labute approximate surface area is 126 Å². The molecule has 3 aliphatic heterocycles. The van der Waals surface area contributed by atoms with Crippen LogP contribution in [0.25, 0.3) is 5.57 Å². The standard InChI is InChI=1S/C15H15FN4S/c16-20-7-3-5-14(20)15-18-13(10-21-15)12-8-17-19-6-2-1-4-11(12)9-19/h1-2,4,6,8,10,14H,3,5,7,9H2. The van der Waals surface area contributed by atoms with E-state index in [1.807, 2.05) is 35.0 Å². The molecule has 108 valence electrons. The van der Waals surface area contributed by atoms with Gasteiger partial charge in [0.25, 0.3) is 0 Å². The second-order valence-electron chi connectivity index (χ2n) is 5.33. The van der Waals surface area contributed by atoms with Crippen LogP contribution in [-0.4, -0.2) is 34.4 Å². The van der Waals surface area contributed by atoms with Crippen molar-refractivity contribution >= 4 is 23.1 Å². The molecule has 6 heteroatoms. The number of nitrogens with zero attached hydrogens (tertiary/aromatic N) is 4. The molecular weight excluding hydrogens is 287 g/mol. The van der Waals surface area contributed by atoms with Gasteiger partial charge in [-0.15, -0.1) is 20.9 Å². The van der Waals surface area contributed by atoms with Crippen LogP contribution in [0.2, 0.25) is 0 Å². The maximum Gasteiger partial charge on any atom is 0.113 e. The quantitative estimate of drug-likeness (QED) is 0.786. The van der Waals surface area contributed by atoms with Gasteiger partial charge in [0, 0.05) is 23.7 Å². The van der Waals surface area contributed by atoms with Crippen LogP contribution in [0.3, 0.4) is 0 Å². The molecule has 4 rings (SSSR count). The summed E-state index contributed by atoms with van der Waals surface area (Å²) in [6, 6.07) is -0.169. The molecule has 4 heterocycles. The largest absolute Gasteiger partial charge is 0.268 e. The van der Waals surface area contributed by atoms with Crippen LogP contribution >= 0.6 is 11.3 Å². The summed E-state index contributed by atoms with van der Waals surface area (Å²) in [6.45, 7) is 1.27. The number of halogens is 1. The first-order valence-electron chi connectivity index (χ1n) is 7.08. The van der Waals surface area contributed by atoms with Gasteiger partial charge in [-0.2, -0.15) is 5.10 Å². The first-order chi connectivity index (χ1) is 10.3. The van der Waals surface area contributed by atoms with Crippen LogP contribution in [0.15, 0.2) is 40.5 Å². The summed E-state index contributed by atoms with van der Waals surface area (Å²) in [5, 5.41) is 10.1. The van der Waals surface area contributed by atoms with Gasteiger partial charge < -0.3 is 0 Å². The molecule has 1 aromatic rings. The highest BCUT2D eigenvalue weighted by Gasteiger charge is 2.29. The van der Waals surface area contributed by atoms with Gasteiger partial charge >= 0.3 is 0 Å². The molecule has 21 heavy (non-hydrogen) atoms. The molecule has 0 radical (unpaired) electrons. The lowest BCUT2D eigenvalue weighted by molar-refractivity contribution is 0.0101. The van der Waals surface area contributed by atoms with Gasteiger partial charge in [0.1, 0.15) is 5.01 Å². The number of fused-ring (bicyclic) bond motifs is 2. The van der Waals surface area contributed by atoms with Crippen molar-refractivity contribution in [3.05, 3.63) is 46.1 Å². The Morgan fingerprint density at radius 2 is 2.29 bits per heavy atom. The molecule has 2 bridgehead atoms. The lowest BCUT2D eigenvalue weighted by atomic mass is 10.1. The Bertz CT molecular complexity index is 673. The Kier molecular flexibility index (Phi) is 3.20. The number of aromatic nitrogens is 1. The minimum Gasteiger partial charge on any atom is -0.268 e. The molecule has 0 spiro atoms. The first-order valence-corrected chi connectivity index (χ1v) is 7.96. The van der Waals surface area contributed by atoms with Crippen molar-refractivity contribution in [1.29, 1.82) is 0 Å². The van der Waals surface area contributed by atoms with E-state index in [1.165, 1.54) is 16.9 Å². The van der Waals surface area contributed by atoms with Crippen LogP contribution in [0.5, 0.6) is 0 Å². The molecule has 0 amide bonds. The molecule has 1 unspecified atom stereocenters. The fourth-order valence-corrected chi connectivity index (χ4v) is 3.79.